The zero-order valence-corrected chi connectivity index (χ0v) is 16.8. The van der Waals surface area contributed by atoms with Crippen LogP contribution < -0.4 is 5.32 Å². The highest BCUT2D eigenvalue weighted by Gasteiger charge is 2.12. The number of para-hydroxylation sites is 1. The van der Waals surface area contributed by atoms with Crippen LogP contribution in [-0.2, 0) is 14.3 Å². The summed E-state index contributed by atoms with van der Waals surface area (Å²) in [5.74, 6) is -0.297. The fraction of sp³-hybridized carbons (Fsp3) is 0.217. The molecule has 144 valence electrons. The Hall–Kier alpha value is -2.79. The number of ether oxygens (including phenoxy) is 1. The first-order chi connectivity index (χ1) is 13.5. The predicted octanol–water partition coefficient (Wildman–Crippen LogP) is 5.24. The number of hydrogen-bond acceptors (Lipinski definition) is 4. The molecule has 1 amide bonds. The summed E-state index contributed by atoms with van der Waals surface area (Å²) in [6, 6.07) is 21.8. The Labute approximate surface area is 169 Å². The van der Waals surface area contributed by atoms with Gasteiger partial charge >= 0.3 is 5.97 Å². The van der Waals surface area contributed by atoms with Crippen LogP contribution in [0.3, 0.4) is 0 Å². The predicted molar refractivity (Wildman–Crippen MR) is 115 cm³/mol. The number of amides is 1. The molecule has 0 aliphatic carbocycles. The van der Waals surface area contributed by atoms with E-state index < -0.39 is 5.97 Å². The zero-order chi connectivity index (χ0) is 19.9. The number of hydrogen-bond donors (Lipinski definition) is 1. The third-order valence-electron chi connectivity index (χ3n) is 4.30. The van der Waals surface area contributed by atoms with Crippen molar-refractivity contribution in [1.82, 2.24) is 0 Å². The SMILES string of the molecule is CC(C)c1ccccc1NC(=O)COC(=O)CSc1ccc2ccccc2c1. The molecule has 0 heterocycles. The van der Waals surface area contributed by atoms with E-state index in [-0.39, 0.29) is 24.2 Å². The molecule has 0 aromatic heterocycles. The van der Waals surface area contributed by atoms with Gasteiger partial charge in [0.15, 0.2) is 6.61 Å². The van der Waals surface area contributed by atoms with Crippen molar-refractivity contribution in [3.05, 3.63) is 72.3 Å². The molecule has 0 unspecified atom stereocenters. The van der Waals surface area contributed by atoms with Gasteiger partial charge in [-0.3, -0.25) is 9.59 Å². The molecule has 0 saturated carbocycles. The molecular weight excluding hydrogens is 370 g/mol. The quantitative estimate of drug-likeness (QED) is 0.441. The number of fused-ring (bicyclic) bond motifs is 1. The summed E-state index contributed by atoms with van der Waals surface area (Å²) in [5.41, 5.74) is 1.80. The van der Waals surface area contributed by atoms with Crippen LogP contribution in [-0.4, -0.2) is 24.2 Å². The number of benzene rings is 3. The van der Waals surface area contributed by atoms with E-state index in [0.29, 0.717) is 0 Å². The first kappa shape index (κ1) is 20.0. The van der Waals surface area contributed by atoms with Gasteiger partial charge in [-0.05, 0) is 40.5 Å². The van der Waals surface area contributed by atoms with E-state index in [4.69, 9.17) is 4.74 Å². The summed E-state index contributed by atoms with van der Waals surface area (Å²) in [7, 11) is 0. The number of esters is 1. The monoisotopic (exact) mass is 393 g/mol. The van der Waals surface area contributed by atoms with E-state index in [9.17, 15) is 9.59 Å². The molecule has 4 nitrogen and oxygen atoms in total. The normalized spacial score (nSPS) is 10.8. The van der Waals surface area contributed by atoms with Gasteiger partial charge in [0.2, 0.25) is 0 Å². The number of rotatable bonds is 7. The lowest BCUT2D eigenvalue weighted by Gasteiger charge is -2.13. The van der Waals surface area contributed by atoms with E-state index in [0.717, 1.165) is 26.9 Å². The van der Waals surface area contributed by atoms with Gasteiger partial charge in [0.25, 0.3) is 5.91 Å². The van der Waals surface area contributed by atoms with E-state index >= 15 is 0 Å². The first-order valence-electron chi connectivity index (χ1n) is 9.19. The highest BCUT2D eigenvalue weighted by Crippen LogP contribution is 2.24. The third-order valence-corrected chi connectivity index (χ3v) is 5.27. The molecule has 0 spiro atoms. The largest absolute Gasteiger partial charge is 0.455 e. The molecular formula is C23H23NO3S. The second-order valence-electron chi connectivity index (χ2n) is 6.75. The Morgan fingerprint density at radius 2 is 1.68 bits per heavy atom. The van der Waals surface area contributed by atoms with Crippen LogP contribution in [0, 0.1) is 0 Å². The van der Waals surface area contributed by atoms with Crippen LogP contribution in [0.25, 0.3) is 10.8 Å². The van der Waals surface area contributed by atoms with E-state index in [1.807, 2.05) is 66.7 Å². The molecule has 0 bridgehead atoms. The summed E-state index contributed by atoms with van der Waals surface area (Å²) >= 11 is 1.40. The smallest absolute Gasteiger partial charge is 0.316 e. The molecule has 0 atom stereocenters. The molecule has 28 heavy (non-hydrogen) atoms. The summed E-state index contributed by atoms with van der Waals surface area (Å²) in [6.45, 7) is 3.84. The average Bonchev–Trinajstić information content (AvgIpc) is 2.70. The fourth-order valence-corrected chi connectivity index (χ4v) is 3.63. The summed E-state index contributed by atoms with van der Waals surface area (Å²) < 4.78 is 5.11. The van der Waals surface area contributed by atoms with Gasteiger partial charge in [-0.1, -0.05) is 62.4 Å². The number of carbonyl (C=O) groups excluding carboxylic acids is 2. The maximum atomic E-state index is 12.1. The number of nitrogens with one attached hydrogen (secondary N) is 1. The number of carbonyl (C=O) groups is 2. The minimum absolute atomic E-state index is 0.161. The van der Waals surface area contributed by atoms with Gasteiger partial charge in [-0.2, -0.15) is 0 Å². The van der Waals surface area contributed by atoms with Crippen LogP contribution in [0.5, 0.6) is 0 Å². The van der Waals surface area contributed by atoms with Gasteiger partial charge in [0.05, 0.1) is 5.75 Å². The van der Waals surface area contributed by atoms with Gasteiger partial charge in [-0.15, -0.1) is 11.8 Å². The van der Waals surface area contributed by atoms with Gasteiger partial charge in [0.1, 0.15) is 0 Å². The van der Waals surface area contributed by atoms with Crippen molar-refractivity contribution in [3.63, 3.8) is 0 Å². The Morgan fingerprint density at radius 3 is 2.46 bits per heavy atom. The lowest BCUT2D eigenvalue weighted by atomic mass is 10.0. The fourth-order valence-electron chi connectivity index (χ4n) is 2.89. The van der Waals surface area contributed by atoms with Crippen LogP contribution in [0.2, 0.25) is 0 Å². The van der Waals surface area contributed by atoms with Crippen LogP contribution in [0.1, 0.15) is 25.3 Å². The van der Waals surface area contributed by atoms with Crippen LogP contribution >= 0.6 is 11.8 Å². The molecule has 1 N–H and O–H groups in total. The maximum Gasteiger partial charge on any atom is 0.316 e. The minimum atomic E-state index is -0.412. The molecule has 3 aromatic rings. The molecule has 0 fully saturated rings. The second kappa shape index (κ2) is 9.42. The zero-order valence-electron chi connectivity index (χ0n) is 16.0. The molecule has 0 aliphatic rings. The number of anilines is 1. The summed E-state index contributed by atoms with van der Waals surface area (Å²) in [5, 5.41) is 5.11. The van der Waals surface area contributed by atoms with Crippen LogP contribution in [0.4, 0.5) is 5.69 Å². The maximum absolute atomic E-state index is 12.1. The van der Waals surface area contributed by atoms with Gasteiger partial charge in [-0.25, -0.2) is 0 Å². The molecule has 3 aromatic carbocycles. The lowest BCUT2D eigenvalue weighted by Crippen LogP contribution is -2.22. The first-order valence-corrected chi connectivity index (χ1v) is 10.2. The Bertz CT molecular complexity index is 984. The molecule has 0 saturated heterocycles. The Kier molecular flexibility index (Phi) is 6.71. The summed E-state index contributed by atoms with van der Waals surface area (Å²) in [4.78, 5) is 25.1. The third kappa shape index (κ3) is 5.36. The average molecular weight is 394 g/mol. The molecule has 5 heteroatoms. The van der Waals surface area contributed by atoms with Crippen molar-refractivity contribution < 1.29 is 14.3 Å². The molecule has 0 radical (unpaired) electrons. The highest BCUT2D eigenvalue weighted by molar-refractivity contribution is 8.00. The van der Waals surface area contributed by atoms with E-state index in [1.165, 1.54) is 11.8 Å². The minimum Gasteiger partial charge on any atom is -0.455 e. The van der Waals surface area contributed by atoms with Crippen molar-refractivity contribution >= 4 is 40.1 Å². The Balaban J connectivity index is 1.48. The second-order valence-corrected chi connectivity index (χ2v) is 7.80. The van der Waals surface area contributed by atoms with E-state index in [1.54, 1.807) is 0 Å². The topological polar surface area (TPSA) is 55.4 Å². The van der Waals surface area contributed by atoms with Crippen molar-refractivity contribution in [2.75, 3.05) is 17.7 Å². The highest BCUT2D eigenvalue weighted by atomic mass is 32.2. The van der Waals surface area contributed by atoms with Gasteiger partial charge in [0, 0.05) is 10.6 Å². The standard InChI is InChI=1S/C23H23NO3S/c1-16(2)20-9-5-6-10-21(20)24-22(25)14-27-23(26)15-28-19-12-11-17-7-3-4-8-18(17)13-19/h3-13,16H,14-15H2,1-2H3,(H,24,25). The van der Waals surface area contributed by atoms with Crippen LogP contribution in [0.15, 0.2) is 71.6 Å². The van der Waals surface area contributed by atoms with Crippen molar-refractivity contribution in [2.45, 2.75) is 24.7 Å². The lowest BCUT2D eigenvalue weighted by molar-refractivity contribution is -0.144. The molecule has 3 rings (SSSR count). The van der Waals surface area contributed by atoms with Crippen molar-refractivity contribution in [3.8, 4) is 0 Å². The van der Waals surface area contributed by atoms with Gasteiger partial charge < -0.3 is 10.1 Å². The Morgan fingerprint density at radius 1 is 0.964 bits per heavy atom. The van der Waals surface area contributed by atoms with Crippen molar-refractivity contribution in [2.24, 2.45) is 0 Å². The summed E-state index contributed by atoms with van der Waals surface area (Å²) in [6.07, 6.45) is 0. The van der Waals surface area contributed by atoms with E-state index in [2.05, 4.69) is 19.2 Å². The number of thioether (sulfide) groups is 1. The van der Waals surface area contributed by atoms with Crippen molar-refractivity contribution in [1.29, 1.82) is 0 Å². The molecule has 0 aliphatic heterocycles.